The van der Waals surface area contributed by atoms with Crippen molar-refractivity contribution in [3.8, 4) is 5.75 Å². The molecule has 0 radical (unpaired) electrons. The predicted octanol–water partition coefficient (Wildman–Crippen LogP) is 2.29. The summed E-state index contributed by atoms with van der Waals surface area (Å²) in [5, 5.41) is 10.4. The summed E-state index contributed by atoms with van der Waals surface area (Å²) in [7, 11) is 0. The van der Waals surface area contributed by atoms with Crippen molar-refractivity contribution in [2.45, 2.75) is 18.9 Å². The number of benzene rings is 1. The van der Waals surface area contributed by atoms with Gasteiger partial charge in [0.1, 0.15) is 12.4 Å². The van der Waals surface area contributed by atoms with Crippen LogP contribution in [-0.2, 0) is 9.47 Å². The second-order valence-corrected chi connectivity index (χ2v) is 4.05. The lowest BCUT2D eigenvalue weighted by Gasteiger charge is -2.09. The third-order valence-corrected chi connectivity index (χ3v) is 2.66. The molecule has 0 N–H and O–H groups in total. The third kappa shape index (κ3) is 3.92. The highest BCUT2D eigenvalue weighted by molar-refractivity contribution is 5.64. The van der Waals surface area contributed by atoms with E-state index in [0.29, 0.717) is 6.61 Å². The van der Waals surface area contributed by atoms with Crippen molar-refractivity contribution in [2.75, 3.05) is 13.2 Å². The fourth-order valence-corrected chi connectivity index (χ4v) is 1.70. The zero-order valence-corrected chi connectivity index (χ0v) is 10.1. The van der Waals surface area contributed by atoms with Gasteiger partial charge in [-0.2, -0.15) is 0 Å². The van der Waals surface area contributed by atoms with Gasteiger partial charge in [-0.3, -0.25) is 10.1 Å². The van der Waals surface area contributed by atoms with Crippen LogP contribution in [0, 0.1) is 10.1 Å². The topological polar surface area (TPSA) is 87.9 Å². The number of non-ortho nitro benzene ring substituents is 1. The molecule has 19 heavy (non-hydrogen) atoms. The van der Waals surface area contributed by atoms with E-state index in [1.807, 2.05) is 0 Å². The summed E-state index contributed by atoms with van der Waals surface area (Å²) in [4.78, 5) is 21.3. The van der Waals surface area contributed by atoms with E-state index in [4.69, 9.17) is 14.2 Å². The molecule has 1 saturated heterocycles. The number of nitro benzene ring substituents is 1. The molecule has 0 bridgehead atoms. The maximum Gasteiger partial charge on any atom is 0.513 e. The van der Waals surface area contributed by atoms with Crippen molar-refractivity contribution in [3.63, 3.8) is 0 Å². The Kier molecular flexibility index (Phi) is 4.30. The van der Waals surface area contributed by atoms with Gasteiger partial charge in [-0.15, -0.1) is 0 Å². The summed E-state index contributed by atoms with van der Waals surface area (Å²) in [6.45, 7) is 0.844. The zero-order valence-electron chi connectivity index (χ0n) is 10.1. The minimum absolute atomic E-state index is 0.0654. The van der Waals surface area contributed by atoms with E-state index in [0.717, 1.165) is 12.8 Å². The molecule has 1 aromatic rings. The van der Waals surface area contributed by atoms with Gasteiger partial charge in [0.05, 0.1) is 11.0 Å². The van der Waals surface area contributed by atoms with Crippen LogP contribution >= 0.6 is 0 Å². The van der Waals surface area contributed by atoms with Gasteiger partial charge >= 0.3 is 6.16 Å². The van der Waals surface area contributed by atoms with Crippen molar-refractivity contribution >= 4 is 11.8 Å². The molecular formula is C12H13NO6. The van der Waals surface area contributed by atoms with Gasteiger partial charge in [0.2, 0.25) is 0 Å². The number of ether oxygens (including phenoxy) is 3. The first-order valence-electron chi connectivity index (χ1n) is 5.86. The van der Waals surface area contributed by atoms with Crippen molar-refractivity contribution in [1.82, 2.24) is 0 Å². The Bertz CT molecular complexity index is 452. The number of carbonyl (C=O) groups is 1. The van der Waals surface area contributed by atoms with Crippen LogP contribution in [0.3, 0.4) is 0 Å². The van der Waals surface area contributed by atoms with Gasteiger partial charge in [-0.05, 0) is 25.0 Å². The number of hydrogen-bond donors (Lipinski definition) is 0. The van der Waals surface area contributed by atoms with Crippen LogP contribution in [0.25, 0.3) is 0 Å². The quantitative estimate of drug-likeness (QED) is 0.360. The van der Waals surface area contributed by atoms with Gasteiger partial charge in [0, 0.05) is 18.7 Å². The summed E-state index contributed by atoms with van der Waals surface area (Å²) in [6, 6.07) is 5.18. The van der Waals surface area contributed by atoms with E-state index < -0.39 is 11.1 Å². The molecule has 1 aliphatic rings. The Balaban J connectivity index is 1.79. The average Bonchev–Trinajstić information content (AvgIpc) is 2.90. The number of nitrogens with zero attached hydrogens (tertiary/aromatic N) is 1. The Labute approximate surface area is 109 Å². The van der Waals surface area contributed by atoms with Crippen LogP contribution in [0.15, 0.2) is 24.3 Å². The van der Waals surface area contributed by atoms with Crippen LogP contribution in [0.4, 0.5) is 10.5 Å². The first-order chi connectivity index (χ1) is 9.15. The number of carbonyl (C=O) groups excluding carboxylic acids is 1. The van der Waals surface area contributed by atoms with Crippen LogP contribution < -0.4 is 4.74 Å². The molecule has 1 aliphatic heterocycles. The standard InChI is InChI=1S/C12H13NO6/c14-12(18-8-11-2-1-7-17-11)19-10-5-3-9(4-6-10)13(15)16/h3-6,11H,1-2,7-8H2/t11-/m1/s1. The fraction of sp³-hybridized carbons (Fsp3) is 0.417. The minimum atomic E-state index is -0.843. The number of nitro groups is 1. The maximum atomic E-state index is 11.4. The largest absolute Gasteiger partial charge is 0.513 e. The van der Waals surface area contributed by atoms with E-state index in [1.54, 1.807) is 0 Å². The van der Waals surface area contributed by atoms with Gasteiger partial charge < -0.3 is 14.2 Å². The summed E-state index contributed by atoms with van der Waals surface area (Å²) >= 11 is 0. The number of hydrogen-bond acceptors (Lipinski definition) is 6. The molecule has 1 heterocycles. The molecule has 7 nitrogen and oxygen atoms in total. The van der Waals surface area contributed by atoms with Crippen LogP contribution in [-0.4, -0.2) is 30.4 Å². The lowest BCUT2D eigenvalue weighted by atomic mass is 10.2. The molecule has 0 unspecified atom stereocenters. The van der Waals surface area contributed by atoms with E-state index in [9.17, 15) is 14.9 Å². The van der Waals surface area contributed by atoms with E-state index in [-0.39, 0.29) is 24.1 Å². The molecule has 1 atom stereocenters. The first kappa shape index (κ1) is 13.3. The van der Waals surface area contributed by atoms with Crippen molar-refractivity contribution in [2.24, 2.45) is 0 Å². The van der Waals surface area contributed by atoms with Gasteiger partial charge in [0.25, 0.3) is 5.69 Å². The average molecular weight is 267 g/mol. The third-order valence-electron chi connectivity index (χ3n) is 2.66. The summed E-state index contributed by atoms with van der Waals surface area (Å²) in [5.41, 5.74) is -0.0694. The molecule has 0 aliphatic carbocycles. The minimum Gasteiger partial charge on any atom is -0.431 e. The normalized spacial score (nSPS) is 18.0. The SMILES string of the molecule is O=C(OC[C@H]1CCCO1)Oc1ccc([N+](=O)[O-])cc1. The van der Waals surface area contributed by atoms with Crippen LogP contribution in [0.1, 0.15) is 12.8 Å². The highest BCUT2D eigenvalue weighted by Gasteiger charge is 2.18. The van der Waals surface area contributed by atoms with Gasteiger partial charge in [-0.1, -0.05) is 0 Å². The molecular weight excluding hydrogens is 254 g/mol. The molecule has 0 spiro atoms. The van der Waals surface area contributed by atoms with Crippen molar-refractivity contribution < 1.29 is 23.9 Å². The first-order valence-corrected chi connectivity index (χ1v) is 5.86. The molecule has 7 heteroatoms. The molecule has 1 aromatic carbocycles. The number of rotatable bonds is 4. The maximum absolute atomic E-state index is 11.4. The second kappa shape index (κ2) is 6.14. The molecule has 2 rings (SSSR count). The Morgan fingerprint density at radius 1 is 1.42 bits per heavy atom. The lowest BCUT2D eigenvalue weighted by molar-refractivity contribution is -0.384. The molecule has 1 fully saturated rings. The van der Waals surface area contributed by atoms with Gasteiger partial charge in [-0.25, -0.2) is 4.79 Å². The molecule has 102 valence electrons. The monoisotopic (exact) mass is 267 g/mol. The smallest absolute Gasteiger partial charge is 0.431 e. The van der Waals surface area contributed by atoms with E-state index in [2.05, 4.69) is 0 Å². The van der Waals surface area contributed by atoms with Crippen molar-refractivity contribution in [1.29, 1.82) is 0 Å². The van der Waals surface area contributed by atoms with Gasteiger partial charge in [0.15, 0.2) is 0 Å². The Morgan fingerprint density at radius 3 is 2.74 bits per heavy atom. The second-order valence-electron chi connectivity index (χ2n) is 4.05. The fourth-order valence-electron chi connectivity index (χ4n) is 1.70. The van der Waals surface area contributed by atoms with Crippen LogP contribution in [0.2, 0.25) is 0 Å². The highest BCUT2D eigenvalue weighted by atomic mass is 16.7. The van der Waals surface area contributed by atoms with E-state index in [1.165, 1.54) is 24.3 Å². The van der Waals surface area contributed by atoms with Crippen LogP contribution in [0.5, 0.6) is 5.75 Å². The van der Waals surface area contributed by atoms with E-state index >= 15 is 0 Å². The predicted molar refractivity (Wildman–Crippen MR) is 64.0 cm³/mol. The highest BCUT2D eigenvalue weighted by Crippen LogP contribution is 2.18. The Morgan fingerprint density at radius 2 is 2.16 bits per heavy atom. The summed E-state index contributed by atoms with van der Waals surface area (Å²) in [6.07, 6.45) is 0.921. The summed E-state index contributed by atoms with van der Waals surface area (Å²) < 4.78 is 15.0. The molecule has 0 amide bonds. The Hall–Kier alpha value is -2.15. The molecule has 0 aromatic heterocycles. The molecule has 0 saturated carbocycles. The lowest BCUT2D eigenvalue weighted by Crippen LogP contribution is -2.19. The summed E-state index contributed by atoms with van der Waals surface area (Å²) in [5.74, 6) is 0.197. The zero-order chi connectivity index (χ0) is 13.7. The van der Waals surface area contributed by atoms with Crippen molar-refractivity contribution in [3.05, 3.63) is 34.4 Å².